The molecule has 1 aromatic carbocycles. The zero-order valence-electron chi connectivity index (χ0n) is 18.7. The van der Waals surface area contributed by atoms with E-state index in [4.69, 9.17) is 14.5 Å². The Morgan fingerprint density at radius 2 is 1.97 bits per heavy atom. The fourth-order valence-corrected chi connectivity index (χ4v) is 4.97. The van der Waals surface area contributed by atoms with Crippen LogP contribution < -0.4 is 14.8 Å². The van der Waals surface area contributed by atoms with Gasteiger partial charge in [0.2, 0.25) is 0 Å². The lowest BCUT2D eigenvalue weighted by molar-refractivity contribution is 0.354. The van der Waals surface area contributed by atoms with E-state index in [0.29, 0.717) is 0 Å². The van der Waals surface area contributed by atoms with Crippen LogP contribution in [0.2, 0.25) is 0 Å². The molecule has 0 aliphatic heterocycles. The van der Waals surface area contributed by atoms with Crippen LogP contribution >= 0.6 is 11.3 Å². The number of fused-ring (bicyclic) bond motifs is 1. The van der Waals surface area contributed by atoms with Crippen LogP contribution in [0.15, 0.2) is 23.2 Å². The minimum absolute atomic E-state index is 0.758. The second kappa shape index (κ2) is 11.2. The number of nitrogens with zero attached hydrogens (tertiary/aromatic N) is 3. The van der Waals surface area contributed by atoms with E-state index in [-0.39, 0.29) is 0 Å². The Labute approximate surface area is 184 Å². The number of aromatic nitrogens is 1. The minimum atomic E-state index is 0.758. The van der Waals surface area contributed by atoms with E-state index in [9.17, 15) is 0 Å². The maximum absolute atomic E-state index is 5.40. The van der Waals surface area contributed by atoms with Gasteiger partial charge in [0.15, 0.2) is 17.5 Å². The lowest BCUT2D eigenvalue weighted by Crippen LogP contribution is -2.40. The first-order chi connectivity index (χ1) is 14.6. The predicted octanol–water partition coefficient (Wildman–Crippen LogP) is 3.72. The molecule has 1 aromatic heterocycles. The Kier molecular flexibility index (Phi) is 8.37. The van der Waals surface area contributed by atoms with Crippen molar-refractivity contribution in [3.8, 4) is 11.5 Å². The average Bonchev–Trinajstić information content (AvgIpc) is 3.20. The highest BCUT2D eigenvalue weighted by atomic mass is 32.1. The molecule has 0 unspecified atom stereocenters. The third kappa shape index (κ3) is 5.88. The molecule has 3 rings (SSSR count). The van der Waals surface area contributed by atoms with E-state index in [1.54, 1.807) is 14.2 Å². The molecule has 0 radical (unpaired) electrons. The predicted molar refractivity (Wildman–Crippen MR) is 124 cm³/mol. The van der Waals surface area contributed by atoms with Gasteiger partial charge in [0.1, 0.15) is 0 Å². The normalized spacial score (nSPS) is 13.7. The molecule has 7 heteroatoms. The van der Waals surface area contributed by atoms with Gasteiger partial charge in [0, 0.05) is 38.5 Å². The summed E-state index contributed by atoms with van der Waals surface area (Å²) in [6.07, 6.45) is 8.02. The molecule has 0 fully saturated rings. The van der Waals surface area contributed by atoms with Crippen molar-refractivity contribution < 1.29 is 9.47 Å². The number of thiazole rings is 1. The molecule has 1 N–H and O–H groups in total. The number of rotatable bonds is 9. The topological polar surface area (TPSA) is 59.0 Å². The second-order valence-corrected chi connectivity index (χ2v) is 8.79. The van der Waals surface area contributed by atoms with Gasteiger partial charge in [-0.25, -0.2) is 4.98 Å². The quantitative estimate of drug-likeness (QED) is 0.373. The maximum atomic E-state index is 5.40. The van der Waals surface area contributed by atoms with Crippen LogP contribution in [0.25, 0.3) is 0 Å². The van der Waals surface area contributed by atoms with Gasteiger partial charge in [0.25, 0.3) is 0 Å². The summed E-state index contributed by atoms with van der Waals surface area (Å²) in [6, 6.07) is 6.08. The Morgan fingerprint density at radius 3 is 2.70 bits per heavy atom. The van der Waals surface area contributed by atoms with Crippen molar-refractivity contribution in [3.05, 3.63) is 39.3 Å². The molecule has 0 saturated heterocycles. The van der Waals surface area contributed by atoms with E-state index >= 15 is 0 Å². The van der Waals surface area contributed by atoms with Crippen molar-refractivity contribution in [2.45, 2.75) is 44.9 Å². The number of aliphatic imine (C=N–C) groups is 1. The van der Waals surface area contributed by atoms with E-state index < -0.39 is 0 Å². The summed E-state index contributed by atoms with van der Waals surface area (Å²) < 4.78 is 10.7. The fraction of sp³-hybridized carbons (Fsp3) is 0.565. The van der Waals surface area contributed by atoms with Gasteiger partial charge in [-0.1, -0.05) is 6.07 Å². The molecule has 0 spiro atoms. The number of likely N-dealkylation sites (N-methyl/N-ethyl adjacent to an activating group) is 1. The molecule has 1 aliphatic rings. The molecular formula is C23H34N4O2S. The van der Waals surface area contributed by atoms with Gasteiger partial charge in [0.05, 0.1) is 24.9 Å². The number of guanidine groups is 1. The first kappa shape index (κ1) is 22.4. The number of hydrogen-bond donors (Lipinski definition) is 1. The van der Waals surface area contributed by atoms with Crippen LogP contribution in [-0.4, -0.2) is 57.2 Å². The molecule has 0 saturated carbocycles. The first-order valence-electron chi connectivity index (χ1n) is 10.7. The van der Waals surface area contributed by atoms with Crippen LogP contribution in [-0.2, 0) is 25.7 Å². The first-order valence-corrected chi connectivity index (χ1v) is 11.6. The van der Waals surface area contributed by atoms with Gasteiger partial charge in [-0.15, -0.1) is 11.3 Å². The lowest BCUT2D eigenvalue weighted by atomic mass is 10.0. The van der Waals surface area contributed by atoms with Gasteiger partial charge >= 0.3 is 0 Å². The third-order valence-corrected chi connectivity index (χ3v) is 6.71. The Bertz CT molecular complexity index is 826. The number of benzene rings is 1. The van der Waals surface area contributed by atoms with Gasteiger partial charge in [-0.2, -0.15) is 0 Å². The summed E-state index contributed by atoms with van der Waals surface area (Å²) in [7, 11) is 7.24. The number of aryl methyl sites for hydroxylation is 3. The number of methoxy groups -OCH3 is 2. The summed E-state index contributed by atoms with van der Waals surface area (Å²) in [6.45, 7) is 1.77. The molecule has 2 aromatic rings. The van der Waals surface area contributed by atoms with Crippen molar-refractivity contribution in [3.63, 3.8) is 0 Å². The highest BCUT2D eigenvalue weighted by molar-refractivity contribution is 7.11. The van der Waals surface area contributed by atoms with Gasteiger partial charge in [-0.05, 0) is 56.2 Å². The molecule has 1 aliphatic carbocycles. The molecule has 164 valence electrons. The second-order valence-electron chi connectivity index (χ2n) is 7.62. The highest BCUT2D eigenvalue weighted by Crippen LogP contribution is 2.28. The van der Waals surface area contributed by atoms with Crippen molar-refractivity contribution in [2.75, 3.05) is 41.4 Å². The summed E-state index contributed by atoms with van der Waals surface area (Å²) in [5.74, 6) is 2.45. The molecular weight excluding hydrogens is 396 g/mol. The van der Waals surface area contributed by atoms with Gasteiger partial charge < -0.3 is 19.7 Å². The number of ether oxygens (including phenoxy) is 2. The van der Waals surface area contributed by atoms with E-state index in [2.05, 4.69) is 28.3 Å². The fourth-order valence-electron chi connectivity index (χ4n) is 3.78. The monoisotopic (exact) mass is 430 g/mol. The molecule has 30 heavy (non-hydrogen) atoms. The Hall–Kier alpha value is -2.28. The Balaban J connectivity index is 1.42. The summed E-state index contributed by atoms with van der Waals surface area (Å²) in [4.78, 5) is 13.0. The summed E-state index contributed by atoms with van der Waals surface area (Å²) in [5.41, 5.74) is 2.57. The van der Waals surface area contributed by atoms with Crippen LogP contribution in [0.3, 0.4) is 0 Å². The zero-order valence-corrected chi connectivity index (χ0v) is 19.5. The van der Waals surface area contributed by atoms with Crippen LogP contribution in [0.4, 0.5) is 0 Å². The number of nitrogens with one attached hydrogen (secondary N) is 1. The van der Waals surface area contributed by atoms with E-state index in [1.807, 2.05) is 30.5 Å². The van der Waals surface area contributed by atoms with Crippen molar-refractivity contribution >= 4 is 17.3 Å². The largest absolute Gasteiger partial charge is 0.493 e. The van der Waals surface area contributed by atoms with Gasteiger partial charge in [-0.3, -0.25) is 4.99 Å². The maximum Gasteiger partial charge on any atom is 0.193 e. The molecule has 0 atom stereocenters. The Morgan fingerprint density at radius 1 is 1.17 bits per heavy atom. The molecule has 0 amide bonds. The molecule has 1 heterocycles. The smallest absolute Gasteiger partial charge is 0.193 e. The van der Waals surface area contributed by atoms with E-state index in [1.165, 1.54) is 46.8 Å². The highest BCUT2D eigenvalue weighted by Gasteiger charge is 2.15. The van der Waals surface area contributed by atoms with Crippen molar-refractivity contribution in [1.82, 2.24) is 15.2 Å². The van der Waals surface area contributed by atoms with E-state index in [0.717, 1.165) is 49.8 Å². The van der Waals surface area contributed by atoms with Crippen LogP contribution in [0.5, 0.6) is 11.5 Å². The standard InChI is InChI=1S/C23H34N4O2S/c1-24-23(25-14-7-10-22-26-18-8-5-6-9-21(18)30-22)27(2)15-13-17-11-12-19(28-3)20(16-17)29-4/h11-12,16H,5-10,13-15H2,1-4H3,(H,24,25). The van der Waals surface area contributed by atoms with Crippen molar-refractivity contribution in [1.29, 1.82) is 0 Å². The van der Waals surface area contributed by atoms with Crippen molar-refractivity contribution in [2.24, 2.45) is 4.99 Å². The molecule has 6 nitrogen and oxygen atoms in total. The van der Waals surface area contributed by atoms with Crippen LogP contribution in [0, 0.1) is 0 Å². The minimum Gasteiger partial charge on any atom is -0.493 e. The lowest BCUT2D eigenvalue weighted by Gasteiger charge is -2.22. The zero-order chi connectivity index (χ0) is 21.3. The summed E-state index contributed by atoms with van der Waals surface area (Å²) in [5, 5.41) is 4.78. The summed E-state index contributed by atoms with van der Waals surface area (Å²) >= 11 is 1.92. The average molecular weight is 431 g/mol. The number of hydrogen-bond acceptors (Lipinski definition) is 5. The van der Waals surface area contributed by atoms with Crippen LogP contribution in [0.1, 0.15) is 40.4 Å². The molecule has 0 bridgehead atoms. The SMILES string of the molecule is CN=C(NCCCc1nc2c(s1)CCCC2)N(C)CCc1ccc(OC)c(OC)c1. The third-order valence-electron chi connectivity index (χ3n) is 5.50.